The first-order chi connectivity index (χ1) is 9.61. The average Bonchev–Trinajstić information content (AvgIpc) is 3.30. The summed E-state index contributed by atoms with van der Waals surface area (Å²) in [5.41, 5.74) is 0. The van der Waals surface area contributed by atoms with Crippen LogP contribution in [-0.4, -0.2) is 24.3 Å². The molecular formula is C17H26O3. The molecule has 8 unspecified atom stereocenters. The van der Waals surface area contributed by atoms with E-state index < -0.39 is 0 Å². The second-order valence-electron chi connectivity index (χ2n) is 7.74. The van der Waals surface area contributed by atoms with Crippen LogP contribution in [-0.2, 0) is 14.3 Å². The summed E-state index contributed by atoms with van der Waals surface area (Å²) in [5.74, 6) is 3.08. The Morgan fingerprint density at radius 1 is 1.10 bits per heavy atom. The van der Waals surface area contributed by atoms with E-state index >= 15 is 0 Å². The van der Waals surface area contributed by atoms with Crippen LogP contribution < -0.4 is 0 Å². The number of hydrogen-bond donors (Lipinski definition) is 0. The Morgan fingerprint density at radius 3 is 2.70 bits per heavy atom. The molecule has 4 fully saturated rings. The van der Waals surface area contributed by atoms with Gasteiger partial charge in [0.25, 0.3) is 0 Å². The van der Waals surface area contributed by atoms with Gasteiger partial charge in [0.1, 0.15) is 6.10 Å². The molecule has 8 atom stereocenters. The normalized spacial score (nSPS) is 50.6. The Kier molecular flexibility index (Phi) is 3.10. The van der Waals surface area contributed by atoms with Gasteiger partial charge < -0.3 is 9.47 Å². The van der Waals surface area contributed by atoms with E-state index in [1.54, 1.807) is 0 Å². The molecule has 0 radical (unpaired) electrons. The zero-order valence-corrected chi connectivity index (χ0v) is 12.6. The molecule has 0 aromatic heterocycles. The number of ether oxygens (including phenoxy) is 2. The number of carbonyl (C=O) groups excluding carboxylic acids is 1. The second-order valence-corrected chi connectivity index (χ2v) is 7.74. The van der Waals surface area contributed by atoms with Crippen LogP contribution in [0.4, 0.5) is 0 Å². The monoisotopic (exact) mass is 278 g/mol. The Labute approximate surface area is 121 Å². The predicted octanol–water partition coefficient (Wildman–Crippen LogP) is 3.17. The van der Waals surface area contributed by atoms with Gasteiger partial charge in [-0.15, -0.1) is 0 Å². The van der Waals surface area contributed by atoms with Crippen LogP contribution in [0.5, 0.6) is 0 Å². The minimum atomic E-state index is 0.0388. The largest absolute Gasteiger partial charge is 0.462 e. The summed E-state index contributed by atoms with van der Waals surface area (Å²) in [4.78, 5) is 12.4. The molecule has 3 nitrogen and oxygen atoms in total. The van der Waals surface area contributed by atoms with Gasteiger partial charge in [0.05, 0.1) is 18.1 Å². The molecule has 0 amide bonds. The van der Waals surface area contributed by atoms with Crippen LogP contribution in [0.25, 0.3) is 0 Å². The third-order valence-electron chi connectivity index (χ3n) is 6.32. The van der Waals surface area contributed by atoms with Crippen molar-refractivity contribution in [3.63, 3.8) is 0 Å². The van der Waals surface area contributed by atoms with Gasteiger partial charge in [-0.2, -0.15) is 0 Å². The molecule has 0 bridgehead atoms. The second kappa shape index (κ2) is 4.72. The molecule has 1 saturated heterocycles. The summed E-state index contributed by atoms with van der Waals surface area (Å²) in [6.45, 7) is 4.28. The maximum Gasteiger partial charge on any atom is 0.309 e. The van der Waals surface area contributed by atoms with E-state index in [0.29, 0.717) is 24.0 Å². The van der Waals surface area contributed by atoms with Gasteiger partial charge in [-0.1, -0.05) is 6.92 Å². The number of rotatable bonds is 3. The van der Waals surface area contributed by atoms with Crippen molar-refractivity contribution in [2.75, 3.05) is 0 Å². The van der Waals surface area contributed by atoms with Crippen molar-refractivity contribution >= 4 is 5.97 Å². The molecule has 4 aliphatic rings. The lowest BCUT2D eigenvalue weighted by molar-refractivity contribution is -0.159. The summed E-state index contributed by atoms with van der Waals surface area (Å²) in [7, 11) is 0. The number of hydrogen-bond acceptors (Lipinski definition) is 3. The third-order valence-corrected chi connectivity index (χ3v) is 6.32. The topological polar surface area (TPSA) is 38.8 Å². The highest BCUT2D eigenvalue weighted by atomic mass is 16.6. The van der Waals surface area contributed by atoms with Crippen LogP contribution in [0.15, 0.2) is 0 Å². The smallest absolute Gasteiger partial charge is 0.309 e. The highest BCUT2D eigenvalue weighted by Gasteiger charge is 2.50. The van der Waals surface area contributed by atoms with E-state index in [1.807, 2.05) is 0 Å². The number of epoxide rings is 1. The SMILES string of the molecule is CC1CC2OC2CC1C(=O)OC(C)C1CCC2CC2C1. The first-order valence-electron chi connectivity index (χ1n) is 8.47. The standard InChI is InChI=1S/C17H26O3/c1-9-5-15-16(20-15)8-14(9)17(18)19-10(2)11-3-4-12-7-13(12)6-11/h9-16H,3-8H2,1-2H3. The molecule has 3 heteroatoms. The van der Waals surface area contributed by atoms with Crippen molar-refractivity contribution in [1.29, 1.82) is 0 Å². The van der Waals surface area contributed by atoms with Gasteiger partial charge in [0.15, 0.2) is 0 Å². The summed E-state index contributed by atoms with van der Waals surface area (Å²) in [6.07, 6.45) is 8.13. The van der Waals surface area contributed by atoms with Crippen molar-refractivity contribution in [2.24, 2.45) is 29.6 Å². The zero-order valence-electron chi connectivity index (χ0n) is 12.6. The number of carbonyl (C=O) groups is 1. The van der Waals surface area contributed by atoms with Crippen LogP contribution in [0.1, 0.15) is 52.4 Å². The van der Waals surface area contributed by atoms with E-state index in [-0.39, 0.29) is 18.0 Å². The molecule has 20 heavy (non-hydrogen) atoms. The highest BCUT2D eigenvalue weighted by Crippen LogP contribution is 2.52. The summed E-state index contributed by atoms with van der Waals surface area (Å²) in [5, 5.41) is 0. The van der Waals surface area contributed by atoms with Crippen LogP contribution in [0.3, 0.4) is 0 Å². The van der Waals surface area contributed by atoms with Gasteiger partial charge in [-0.3, -0.25) is 4.79 Å². The molecular weight excluding hydrogens is 252 g/mol. The number of fused-ring (bicyclic) bond motifs is 2. The lowest BCUT2D eigenvalue weighted by atomic mass is 9.80. The van der Waals surface area contributed by atoms with Gasteiger partial charge in [-0.25, -0.2) is 0 Å². The van der Waals surface area contributed by atoms with E-state index in [1.165, 1.54) is 25.7 Å². The van der Waals surface area contributed by atoms with Gasteiger partial charge >= 0.3 is 5.97 Å². The van der Waals surface area contributed by atoms with Gasteiger partial charge in [-0.05, 0) is 69.1 Å². The summed E-state index contributed by atoms with van der Waals surface area (Å²) in [6, 6.07) is 0. The van der Waals surface area contributed by atoms with E-state index in [4.69, 9.17) is 9.47 Å². The van der Waals surface area contributed by atoms with Crippen molar-refractivity contribution in [2.45, 2.75) is 70.7 Å². The van der Waals surface area contributed by atoms with Crippen LogP contribution in [0.2, 0.25) is 0 Å². The fraction of sp³-hybridized carbons (Fsp3) is 0.941. The minimum Gasteiger partial charge on any atom is -0.462 e. The molecule has 0 aromatic rings. The Balaban J connectivity index is 1.32. The Hall–Kier alpha value is -0.570. The quantitative estimate of drug-likeness (QED) is 0.588. The molecule has 0 N–H and O–H groups in total. The fourth-order valence-electron chi connectivity index (χ4n) is 4.62. The maximum absolute atomic E-state index is 12.4. The minimum absolute atomic E-state index is 0.0388. The van der Waals surface area contributed by atoms with Crippen LogP contribution >= 0.6 is 0 Å². The predicted molar refractivity (Wildman–Crippen MR) is 75.0 cm³/mol. The molecule has 0 aromatic carbocycles. The van der Waals surface area contributed by atoms with Crippen molar-refractivity contribution < 1.29 is 14.3 Å². The Bertz CT molecular complexity index is 407. The molecule has 112 valence electrons. The van der Waals surface area contributed by atoms with Crippen LogP contribution in [0, 0.1) is 29.6 Å². The summed E-state index contributed by atoms with van der Waals surface area (Å²) >= 11 is 0. The van der Waals surface area contributed by atoms with Crippen molar-refractivity contribution in [1.82, 2.24) is 0 Å². The van der Waals surface area contributed by atoms with Crippen molar-refractivity contribution in [3.05, 3.63) is 0 Å². The summed E-state index contributed by atoms with van der Waals surface area (Å²) < 4.78 is 11.4. The lowest BCUT2D eigenvalue weighted by Gasteiger charge is -2.30. The zero-order chi connectivity index (χ0) is 13.9. The molecule has 0 spiro atoms. The first-order valence-corrected chi connectivity index (χ1v) is 8.47. The first kappa shape index (κ1) is 13.1. The number of esters is 1. The molecule has 4 rings (SSSR count). The van der Waals surface area contributed by atoms with E-state index in [0.717, 1.165) is 24.7 Å². The highest BCUT2D eigenvalue weighted by molar-refractivity contribution is 5.73. The lowest BCUT2D eigenvalue weighted by Crippen LogP contribution is -2.35. The fourth-order valence-corrected chi connectivity index (χ4v) is 4.62. The maximum atomic E-state index is 12.4. The Morgan fingerprint density at radius 2 is 1.90 bits per heavy atom. The van der Waals surface area contributed by atoms with Gasteiger partial charge in [0, 0.05) is 0 Å². The van der Waals surface area contributed by atoms with E-state index in [2.05, 4.69) is 13.8 Å². The van der Waals surface area contributed by atoms with Gasteiger partial charge in [0.2, 0.25) is 0 Å². The molecule has 3 aliphatic carbocycles. The molecule has 1 aliphatic heterocycles. The molecule has 1 heterocycles. The third kappa shape index (κ3) is 2.38. The van der Waals surface area contributed by atoms with E-state index in [9.17, 15) is 4.79 Å². The molecule has 3 saturated carbocycles. The average molecular weight is 278 g/mol. The van der Waals surface area contributed by atoms with Crippen molar-refractivity contribution in [3.8, 4) is 0 Å².